The van der Waals surface area contributed by atoms with Crippen LogP contribution in [0.4, 0.5) is 5.69 Å². The summed E-state index contributed by atoms with van der Waals surface area (Å²) in [4.78, 5) is 28.1. The summed E-state index contributed by atoms with van der Waals surface area (Å²) in [5.41, 5.74) is 2.73. The van der Waals surface area contributed by atoms with E-state index in [-0.39, 0.29) is 11.8 Å². The Balaban J connectivity index is 2.07. The van der Waals surface area contributed by atoms with E-state index in [2.05, 4.69) is 6.92 Å². The van der Waals surface area contributed by atoms with Gasteiger partial charge in [0.25, 0.3) is 0 Å². The molecule has 1 fully saturated rings. The van der Waals surface area contributed by atoms with Crippen LogP contribution in [0.5, 0.6) is 0 Å². The molecule has 2 amide bonds. The van der Waals surface area contributed by atoms with Crippen molar-refractivity contribution in [1.82, 2.24) is 4.90 Å². The Labute approximate surface area is 149 Å². The molecule has 5 heteroatoms. The van der Waals surface area contributed by atoms with Crippen molar-refractivity contribution in [2.75, 3.05) is 24.5 Å². The second kappa shape index (κ2) is 8.02. The van der Waals surface area contributed by atoms with Gasteiger partial charge in [-0.1, -0.05) is 24.6 Å². The first kappa shape index (κ1) is 18.8. The zero-order valence-electron chi connectivity index (χ0n) is 15.1. The number of aryl methyl sites for hydroxylation is 2. The summed E-state index contributed by atoms with van der Waals surface area (Å²) in [5.74, 6) is 0.717. The molecule has 1 aromatic carbocycles. The number of amides is 2. The van der Waals surface area contributed by atoms with Gasteiger partial charge in [-0.2, -0.15) is 0 Å². The monoisotopic (exact) mass is 350 g/mol. The normalized spacial score (nSPS) is 15.5. The maximum atomic E-state index is 12.4. The van der Waals surface area contributed by atoms with Crippen LogP contribution in [0.2, 0.25) is 5.02 Å². The van der Waals surface area contributed by atoms with E-state index in [1.807, 2.05) is 30.9 Å². The average molecular weight is 351 g/mol. The van der Waals surface area contributed by atoms with Crippen LogP contribution >= 0.6 is 11.6 Å². The van der Waals surface area contributed by atoms with E-state index in [9.17, 15) is 9.59 Å². The molecule has 1 aliphatic rings. The quantitative estimate of drug-likeness (QED) is 0.824. The minimum atomic E-state index is -0.0936. The van der Waals surface area contributed by atoms with Gasteiger partial charge in [-0.3, -0.25) is 9.59 Å². The molecule has 2 rings (SSSR count). The summed E-state index contributed by atoms with van der Waals surface area (Å²) in [7, 11) is 0. The minimum Gasteiger partial charge on any atom is -0.343 e. The maximum absolute atomic E-state index is 12.4. The lowest BCUT2D eigenvalue weighted by molar-refractivity contribution is -0.132. The summed E-state index contributed by atoms with van der Waals surface area (Å²) < 4.78 is 0. The molecule has 1 heterocycles. The van der Waals surface area contributed by atoms with Gasteiger partial charge in [0.05, 0.1) is 10.7 Å². The molecule has 0 saturated carbocycles. The fourth-order valence-electron chi connectivity index (χ4n) is 3.30. The molecular weight excluding hydrogens is 324 g/mol. The van der Waals surface area contributed by atoms with E-state index in [0.29, 0.717) is 23.9 Å². The molecule has 0 atom stereocenters. The summed E-state index contributed by atoms with van der Waals surface area (Å²) in [6, 6.07) is 3.86. The third-order valence-electron chi connectivity index (χ3n) is 4.73. The maximum Gasteiger partial charge on any atom is 0.224 e. The van der Waals surface area contributed by atoms with Crippen molar-refractivity contribution in [3.05, 3.63) is 28.3 Å². The Morgan fingerprint density at radius 3 is 2.42 bits per heavy atom. The van der Waals surface area contributed by atoms with E-state index >= 15 is 0 Å². The number of hydrogen-bond acceptors (Lipinski definition) is 2. The molecular formula is C19H27ClN2O2. The van der Waals surface area contributed by atoms with Crippen LogP contribution < -0.4 is 4.90 Å². The van der Waals surface area contributed by atoms with Crippen molar-refractivity contribution < 1.29 is 9.59 Å². The Morgan fingerprint density at radius 1 is 1.25 bits per heavy atom. The molecule has 0 N–H and O–H groups in total. The number of likely N-dealkylation sites (tertiary alicyclic amines) is 1. The molecule has 1 aromatic rings. The minimum absolute atomic E-state index is 0.0936. The van der Waals surface area contributed by atoms with Gasteiger partial charge in [0.15, 0.2) is 0 Å². The lowest BCUT2D eigenvalue weighted by Gasteiger charge is -2.31. The van der Waals surface area contributed by atoms with Crippen molar-refractivity contribution in [3.8, 4) is 0 Å². The molecule has 0 bridgehead atoms. The highest BCUT2D eigenvalue weighted by Gasteiger charge is 2.23. The summed E-state index contributed by atoms with van der Waals surface area (Å²) in [6.45, 7) is 9.67. The molecule has 132 valence electrons. The Kier molecular flexibility index (Phi) is 6.27. The number of carbonyl (C=O) groups excluding carboxylic acids is 2. The molecule has 1 saturated heterocycles. The predicted octanol–water partition coefficient (Wildman–Crippen LogP) is 3.96. The Bertz CT molecular complexity index is 599. The zero-order chi connectivity index (χ0) is 17.9. The highest BCUT2D eigenvalue weighted by atomic mass is 35.5. The predicted molar refractivity (Wildman–Crippen MR) is 98.5 cm³/mol. The molecule has 1 aliphatic heterocycles. The molecule has 24 heavy (non-hydrogen) atoms. The molecule has 4 nitrogen and oxygen atoms in total. The van der Waals surface area contributed by atoms with Crippen molar-refractivity contribution in [2.45, 2.75) is 47.0 Å². The van der Waals surface area contributed by atoms with E-state index in [0.717, 1.165) is 42.7 Å². The SMILES string of the molecule is CC(=O)N(CCC(=O)N1CCC(C)CC1)c1c(C)cc(C)cc1Cl. The Morgan fingerprint density at radius 2 is 1.88 bits per heavy atom. The van der Waals surface area contributed by atoms with E-state index in [4.69, 9.17) is 11.6 Å². The fraction of sp³-hybridized carbons (Fsp3) is 0.579. The van der Waals surface area contributed by atoms with Crippen LogP contribution in [0.3, 0.4) is 0 Å². The largest absolute Gasteiger partial charge is 0.343 e. The molecule has 0 spiro atoms. The van der Waals surface area contributed by atoms with Crippen LogP contribution in [0.1, 0.15) is 44.2 Å². The molecule has 0 aromatic heterocycles. The smallest absolute Gasteiger partial charge is 0.224 e. The van der Waals surface area contributed by atoms with Crippen LogP contribution in [0, 0.1) is 19.8 Å². The second-order valence-electron chi connectivity index (χ2n) is 6.90. The van der Waals surface area contributed by atoms with Gasteiger partial charge in [-0.15, -0.1) is 0 Å². The standard InChI is InChI=1S/C19H27ClN2O2/c1-13-5-8-21(9-6-13)18(24)7-10-22(16(4)23)19-15(3)11-14(2)12-17(19)20/h11-13H,5-10H2,1-4H3. The van der Waals surface area contributed by atoms with Gasteiger partial charge in [0.2, 0.25) is 11.8 Å². The lowest BCUT2D eigenvalue weighted by Crippen LogP contribution is -2.40. The van der Waals surface area contributed by atoms with Crippen LogP contribution in [-0.2, 0) is 9.59 Å². The number of hydrogen-bond donors (Lipinski definition) is 0. The summed E-state index contributed by atoms with van der Waals surface area (Å²) in [6.07, 6.45) is 2.45. The Hall–Kier alpha value is -1.55. The van der Waals surface area contributed by atoms with E-state index in [1.165, 1.54) is 6.92 Å². The number of rotatable bonds is 4. The van der Waals surface area contributed by atoms with Gasteiger partial charge >= 0.3 is 0 Å². The number of nitrogens with zero attached hydrogens (tertiary/aromatic N) is 2. The van der Waals surface area contributed by atoms with Gasteiger partial charge < -0.3 is 9.80 Å². The van der Waals surface area contributed by atoms with Gasteiger partial charge in [0, 0.05) is 33.0 Å². The van der Waals surface area contributed by atoms with Crippen molar-refractivity contribution in [3.63, 3.8) is 0 Å². The average Bonchev–Trinajstić information content (AvgIpc) is 2.49. The van der Waals surface area contributed by atoms with Crippen LogP contribution in [0.15, 0.2) is 12.1 Å². The molecule has 0 radical (unpaired) electrons. The topological polar surface area (TPSA) is 40.6 Å². The first-order chi connectivity index (χ1) is 11.3. The number of benzene rings is 1. The lowest BCUT2D eigenvalue weighted by atomic mass is 9.99. The molecule has 0 aliphatic carbocycles. The fourth-order valence-corrected chi connectivity index (χ4v) is 3.72. The summed E-state index contributed by atoms with van der Waals surface area (Å²) in [5, 5.41) is 0.557. The van der Waals surface area contributed by atoms with Gasteiger partial charge in [0.1, 0.15) is 0 Å². The number of carbonyl (C=O) groups is 2. The second-order valence-corrected chi connectivity index (χ2v) is 7.30. The number of halogens is 1. The van der Waals surface area contributed by atoms with Gasteiger partial charge in [-0.05, 0) is 49.8 Å². The third-order valence-corrected chi connectivity index (χ3v) is 5.02. The molecule has 0 unspecified atom stereocenters. The van der Waals surface area contributed by atoms with Crippen LogP contribution in [0.25, 0.3) is 0 Å². The zero-order valence-corrected chi connectivity index (χ0v) is 15.8. The van der Waals surface area contributed by atoms with Crippen molar-refractivity contribution >= 4 is 29.1 Å². The highest BCUT2D eigenvalue weighted by molar-refractivity contribution is 6.34. The highest BCUT2D eigenvalue weighted by Crippen LogP contribution is 2.31. The number of piperidine rings is 1. The summed E-state index contributed by atoms with van der Waals surface area (Å²) >= 11 is 6.36. The first-order valence-corrected chi connectivity index (χ1v) is 9.00. The number of anilines is 1. The van der Waals surface area contributed by atoms with E-state index in [1.54, 1.807) is 4.90 Å². The third kappa shape index (κ3) is 4.50. The van der Waals surface area contributed by atoms with Crippen molar-refractivity contribution in [2.24, 2.45) is 5.92 Å². The first-order valence-electron chi connectivity index (χ1n) is 8.62. The van der Waals surface area contributed by atoms with Crippen LogP contribution in [-0.4, -0.2) is 36.3 Å². The van der Waals surface area contributed by atoms with Gasteiger partial charge in [-0.25, -0.2) is 0 Å². The van der Waals surface area contributed by atoms with E-state index < -0.39 is 0 Å². The van der Waals surface area contributed by atoms with Crippen molar-refractivity contribution in [1.29, 1.82) is 0 Å².